The minimum Gasteiger partial charge on any atom is -0.408 e. The van der Waals surface area contributed by atoms with Gasteiger partial charge >= 0.3 is 17.6 Å². The SMILES string of the molecule is CC(=O)N(CNC(=O)C(=O)N1CCC(Cc2ccc(C#N)cc2)CC1)c1ccc2[nH]c(=O)oc2c1. The van der Waals surface area contributed by atoms with Crippen molar-refractivity contribution < 1.29 is 18.8 Å². The maximum atomic E-state index is 12.7. The van der Waals surface area contributed by atoms with Gasteiger partial charge in [0.1, 0.15) is 0 Å². The lowest BCUT2D eigenvalue weighted by atomic mass is 9.90. The fraction of sp³-hybridized carbons (Fsp3) is 0.320. The molecule has 180 valence electrons. The molecule has 0 saturated carbocycles. The first-order valence-corrected chi connectivity index (χ1v) is 11.3. The van der Waals surface area contributed by atoms with Crippen LogP contribution in [0.1, 0.15) is 30.9 Å². The number of aromatic nitrogens is 1. The summed E-state index contributed by atoms with van der Waals surface area (Å²) >= 11 is 0. The fourth-order valence-corrected chi connectivity index (χ4v) is 4.25. The van der Waals surface area contributed by atoms with Gasteiger partial charge in [-0.2, -0.15) is 5.26 Å². The molecule has 2 heterocycles. The summed E-state index contributed by atoms with van der Waals surface area (Å²) in [4.78, 5) is 54.0. The first-order valence-electron chi connectivity index (χ1n) is 11.3. The zero-order chi connectivity index (χ0) is 24.9. The Morgan fingerprint density at radius 1 is 1.17 bits per heavy atom. The van der Waals surface area contributed by atoms with E-state index < -0.39 is 17.6 Å². The number of rotatable bonds is 5. The topological polar surface area (TPSA) is 140 Å². The first kappa shape index (κ1) is 23.8. The molecular weight excluding hydrogens is 450 g/mol. The summed E-state index contributed by atoms with van der Waals surface area (Å²) in [6.45, 7) is 2.10. The molecule has 4 rings (SSSR count). The zero-order valence-electron chi connectivity index (χ0n) is 19.2. The zero-order valence-corrected chi connectivity index (χ0v) is 19.2. The predicted molar refractivity (Wildman–Crippen MR) is 127 cm³/mol. The standard InChI is InChI=1S/C25H25N5O5/c1-16(31)30(20-6-7-21-22(13-20)35-25(34)28-21)15-27-23(32)24(33)29-10-8-18(9-11-29)12-17-2-4-19(14-26)5-3-17/h2-7,13,18H,8-12,15H2,1H3,(H,27,32)(H,28,34). The van der Waals surface area contributed by atoms with Crippen molar-refractivity contribution in [3.63, 3.8) is 0 Å². The smallest absolute Gasteiger partial charge is 0.408 e. The molecule has 1 aromatic heterocycles. The van der Waals surface area contributed by atoms with Crippen molar-refractivity contribution in [2.45, 2.75) is 26.2 Å². The van der Waals surface area contributed by atoms with E-state index in [0.29, 0.717) is 35.8 Å². The van der Waals surface area contributed by atoms with Gasteiger partial charge in [0.2, 0.25) is 5.91 Å². The highest BCUT2D eigenvalue weighted by atomic mass is 16.4. The Morgan fingerprint density at radius 2 is 1.89 bits per heavy atom. The van der Waals surface area contributed by atoms with Crippen molar-refractivity contribution in [1.29, 1.82) is 5.26 Å². The molecule has 1 aliphatic rings. The van der Waals surface area contributed by atoms with Crippen LogP contribution in [0.3, 0.4) is 0 Å². The number of nitrogens with zero attached hydrogens (tertiary/aromatic N) is 3. The van der Waals surface area contributed by atoms with Crippen molar-refractivity contribution >= 4 is 34.5 Å². The number of fused-ring (bicyclic) bond motifs is 1. The minimum atomic E-state index is -0.781. The number of likely N-dealkylation sites (tertiary alicyclic amines) is 1. The van der Waals surface area contributed by atoms with E-state index in [1.807, 2.05) is 12.1 Å². The van der Waals surface area contributed by atoms with Crippen molar-refractivity contribution in [2.75, 3.05) is 24.7 Å². The molecule has 0 aliphatic carbocycles. The summed E-state index contributed by atoms with van der Waals surface area (Å²) in [7, 11) is 0. The van der Waals surface area contributed by atoms with E-state index >= 15 is 0 Å². The average Bonchev–Trinajstić information content (AvgIpc) is 3.23. The molecule has 0 radical (unpaired) electrons. The van der Waals surface area contributed by atoms with E-state index in [0.717, 1.165) is 24.8 Å². The average molecular weight is 476 g/mol. The molecule has 2 N–H and O–H groups in total. The monoisotopic (exact) mass is 475 g/mol. The van der Waals surface area contributed by atoms with E-state index in [2.05, 4.69) is 16.4 Å². The Hall–Kier alpha value is -4.39. The summed E-state index contributed by atoms with van der Waals surface area (Å²) in [5.41, 5.74) is 2.96. The summed E-state index contributed by atoms with van der Waals surface area (Å²) < 4.78 is 5.03. The van der Waals surface area contributed by atoms with E-state index in [4.69, 9.17) is 9.68 Å². The number of piperidine rings is 1. The Labute approximate surface area is 201 Å². The third-order valence-electron chi connectivity index (χ3n) is 6.20. The lowest BCUT2D eigenvalue weighted by molar-refractivity contribution is -0.146. The van der Waals surface area contributed by atoms with Gasteiger partial charge in [0.15, 0.2) is 5.58 Å². The van der Waals surface area contributed by atoms with Crippen molar-refractivity contribution in [1.82, 2.24) is 15.2 Å². The second kappa shape index (κ2) is 10.3. The van der Waals surface area contributed by atoms with Crippen LogP contribution in [-0.2, 0) is 20.8 Å². The molecule has 0 bridgehead atoms. The van der Waals surface area contributed by atoms with Gasteiger partial charge in [-0.15, -0.1) is 0 Å². The molecule has 10 nitrogen and oxygen atoms in total. The number of H-pyrrole nitrogens is 1. The number of hydrogen-bond acceptors (Lipinski definition) is 6. The quantitative estimate of drug-likeness (QED) is 0.427. The van der Waals surface area contributed by atoms with Crippen LogP contribution in [0, 0.1) is 17.2 Å². The number of aromatic amines is 1. The van der Waals surface area contributed by atoms with Gasteiger partial charge in [0.05, 0.1) is 23.8 Å². The molecule has 2 aromatic carbocycles. The van der Waals surface area contributed by atoms with Gasteiger partial charge in [0, 0.05) is 31.8 Å². The molecule has 0 atom stereocenters. The molecule has 0 spiro atoms. The lowest BCUT2D eigenvalue weighted by Crippen LogP contribution is -2.49. The van der Waals surface area contributed by atoms with Gasteiger partial charge in [-0.05, 0) is 55.0 Å². The molecule has 35 heavy (non-hydrogen) atoms. The number of anilines is 1. The van der Waals surface area contributed by atoms with E-state index in [9.17, 15) is 19.2 Å². The van der Waals surface area contributed by atoms with Crippen LogP contribution in [0.4, 0.5) is 5.69 Å². The second-order valence-corrected chi connectivity index (χ2v) is 8.55. The van der Waals surface area contributed by atoms with E-state index in [1.165, 1.54) is 22.8 Å². The van der Waals surface area contributed by atoms with Crippen molar-refractivity contribution in [3.05, 3.63) is 64.1 Å². The third kappa shape index (κ3) is 5.58. The predicted octanol–water partition coefficient (Wildman–Crippen LogP) is 1.90. The maximum Gasteiger partial charge on any atom is 0.417 e. The number of nitriles is 1. The number of nitrogens with one attached hydrogen (secondary N) is 2. The number of oxazole rings is 1. The first-order chi connectivity index (χ1) is 16.8. The summed E-state index contributed by atoms with van der Waals surface area (Å²) in [6, 6.07) is 14.3. The molecular formula is C25H25N5O5. The van der Waals surface area contributed by atoms with Gasteiger partial charge in [-0.25, -0.2) is 4.79 Å². The highest BCUT2D eigenvalue weighted by Gasteiger charge is 2.27. The van der Waals surface area contributed by atoms with Gasteiger partial charge in [-0.1, -0.05) is 12.1 Å². The van der Waals surface area contributed by atoms with Gasteiger partial charge in [-0.3, -0.25) is 24.3 Å². The maximum absolute atomic E-state index is 12.7. The Morgan fingerprint density at radius 3 is 2.54 bits per heavy atom. The molecule has 3 amide bonds. The molecule has 1 aliphatic heterocycles. The molecule has 0 unspecified atom stereocenters. The summed E-state index contributed by atoms with van der Waals surface area (Å²) in [5.74, 6) is -1.97. The highest BCUT2D eigenvalue weighted by Crippen LogP contribution is 2.23. The number of carbonyl (C=O) groups excluding carboxylic acids is 3. The molecule has 1 fully saturated rings. The lowest BCUT2D eigenvalue weighted by Gasteiger charge is -2.32. The van der Waals surface area contributed by atoms with E-state index in [-0.39, 0.29) is 18.2 Å². The van der Waals surface area contributed by atoms with Gasteiger partial charge < -0.3 is 14.6 Å². The normalized spacial score (nSPS) is 13.9. The number of amides is 3. The van der Waals surface area contributed by atoms with Crippen molar-refractivity contribution in [2.24, 2.45) is 5.92 Å². The summed E-state index contributed by atoms with van der Waals surface area (Å²) in [6.07, 6.45) is 2.42. The fourth-order valence-electron chi connectivity index (χ4n) is 4.25. The molecule has 3 aromatic rings. The van der Waals surface area contributed by atoms with Gasteiger partial charge in [0.25, 0.3) is 0 Å². The Balaban J connectivity index is 1.30. The number of benzene rings is 2. The minimum absolute atomic E-state index is 0.199. The largest absolute Gasteiger partial charge is 0.417 e. The molecule has 10 heteroatoms. The van der Waals surface area contributed by atoms with Crippen LogP contribution in [0.25, 0.3) is 11.1 Å². The van der Waals surface area contributed by atoms with Crippen LogP contribution < -0.4 is 16.0 Å². The van der Waals surface area contributed by atoms with Crippen LogP contribution in [0.5, 0.6) is 0 Å². The van der Waals surface area contributed by atoms with E-state index in [1.54, 1.807) is 24.3 Å². The third-order valence-corrected chi connectivity index (χ3v) is 6.20. The van der Waals surface area contributed by atoms with Crippen LogP contribution in [-0.4, -0.2) is 47.4 Å². The number of hydrogen-bond donors (Lipinski definition) is 2. The van der Waals surface area contributed by atoms with Crippen LogP contribution in [0.2, 0.25) is 0 Å². The van der Waals surface area contributed by atoms with Crippen LogP contribution >= 0.6 is 0 Å². The molecule has 1 saturated heterocycles. The Kier molecular flexibility index (Phi) is 6.96. The number of carbonyl (C=O) groups is 3. The van der Waals surface area contributed by atoms with Crippen molar-refractivity contribution in [3.8, 4) is 6.07 Å². The van der Waals surface area contributed by atoms with Crippen LogP contribution in [0.15, 0.2) is 51.7 Å². The highest BCUT2D eigenvalue weighted by molar-refractivity contribution is 6.35. The Bertz CT molecular complexity index is 1340. The summed E-state index contributed by atoms with van der Waals surface area (Å²) in [5, 5.41) is 11.4. The second-order valence-electron chi connectivity index (χ2n) is 8.55.